The van der Waals surface area contributed by atoms with Crippen molar-refractivity contribution in [2.24, 2.45) is 5.92 Å². The molecular weight excluding hydrogens is 477 g/mol. The molecule has 0 aliphatic heterocycles. The Kier molecular flexibility index (Phi) is 8.34. The smallest absolute Gasteiger partial charge is 0.416 e. The molecule has 0 bridgehead atoms. The van der Waals surface area contributed by atoms with E-state index >= 15 is 0 Å². The van der Waals surface area contributed by atoms with Gasteiger partial charge in [0.05, 0.1) is 18.8 Å². The van der Waals surface area contributed by atoms with E-state index in [0.29, 0.717) is 17.2 Å². The zero-order chi connectivity index (χ0) is 26.3. The molecule has 0 spiro atoms. The number of para-hydroxylation sites is 1. The predicted octanol–water partition coefficient (Wildman–Crippen LogP) is 6.83. The van der Waals surface area contributed by atoms with Crippen molar-refractivity contribution in [3.05, 3.63) is 78.4 Å². The van der Waals surface area contributed by atoms with Gasteiger partial charge in [-0.3, -0.25) is 0 Å². The Balaban J connectivity index is 1.59. The summed E-state index contributed by atoms with van der Waals surface area (Å²) < 4.78 is 62.3. The summed E-state index contributed by atoms with van der Waals surface area (Å²) in [6, 6.07) is 18.1. The van der Waals surface area contributed by atoms with Gasteiger partial charge in [0.2, 0.25) is 0 Å². The second-order valence-electron chi connectivity index (χ2n) is 8.69. The fourth-order valence-corrected chi connectivity index (χ4v) is 2.96. The Morgan fingerprint density at radius 2 is 1.44 bits per heavy atom. The molecular formula is C27H27F3O6. The normalized spacial score (nSPS) is 12.5. The molecule has 0 aliphatic carbocycles. The fraction of sp³-hybridized carbons (Fsp3) is 0.296. The summed E-state index contributed by atoms with van der Waals surface area (Å²) in [7, 11) is 0. The molecule has 3 aromatic rings. The quantitative estimate of drug-likeness (QED) is 0.308. The Labute approximate surface area is 207 Å². The number of carbonyl (C=O) groups is 1. The van der Waals surface area contributed by atoms with Crippen LogP contribution in [0.2, 0.25) is 0 Å². The van der Waals surface area contributed by atoms with E-state index in [1.54, 1.807) is 54.6 Å². The number of carboxylic acids is 1. The van der Waals surface area contributed by atoms with Crippen LogP contribution in [0.15, 0.2) is 72.8 Å². The number of hydrogen-bond donors (Lipinski definition) is 1. The minimum Gasteiger partial charge on any atom is -0.493 e. The molecule has 0 heterocycles. The maximum absolute atomic E-state index is 13.2. The number of ether oxygens (including phenoxy) is 4. The lowest BCUT2D eigenvalue weighted by Gasteiger charge is -2.21. The molecule has 0 amide bonds. The molecule has 0 saturated carbocycles. The average molecular weight is 505 g/mol. The molecule has 3 rings (SSSR count). The summed E-state index contributed by atoms with van der Waals surface area (Å²) in [6.07, 6.45) is -4.52. The first-order chi connectivity index (χ1) is 16.9. The molecule has 0 saturated heterocycles. The van der Waals surface area contributed by atoms with E-state index in [1.807, 2.05) is 6.92 Å². The van der Waals surface area contributed by atoms with E-state index in [0.717, 1.165) is 12.1 Å². The Morgan fingerprint density at radius 3 is 2.06 bits per heavy atom. The van der Waals surface area contributed by atoms with Gasteiger partial charge in [-0.05, 0) is 68.4 Å². The van der Waals surface area contributed by atoms with E-state index in [4.69, 9.17) is 24.1 Å². The number of alkyl halides is 3. The van der Waals surface area contributed by atoms with Crippen molar-refractivity contribution in [3.63, 3.8) is 0 Å². The van der Waals surface area contributed by atoms with Crippen LogP contribution in [0.5, 0.6) is 28.7 Å². The standard InChI is InChI=1S/C27H27F3O6/c1-18(16-33-20-10-12-22(13-11-20)36-26(2,3)25(31)32)17-34-23-14-9-19(27(28,29)30)15-24(23)35-21-7-5-4-6-8-21/h4-15,18H,16-17H2,1-3H3,(H,31,32). The van der Waals surface area contributed by atoms with Crippen LogP contribution >= 0.6 is 0 Å². The van der Waals surface area contributed by atoms with Crippen LogP contribution in [0.1, 0.15) is 26.3 Å². The summed E-state index contributed by atoms with van der Waals surface area (Å²) in [5, 5.41) is 9.16. The largest absolute Gasteiger partial charge is 0.493 e. The number of benzene rings is 3. The second-order valence-corrected chi connectivity index (χ2v) is 8.69. The highest BCUT2D eigenvalue weighted by atomic mass is 19.4. The third-order valence-corrected chi connectivity index (χ3v) is 5.01. The van der Waals surface area contributed by atoms with Gasteiger partial charge in [0, 0.05) is 5.92 Å². The van der Waals surface area contributed by atoms with Gasteiger partial charge >= 0.3 is 12.1 Å². The van der Waals surface area contributed by atoms with Crippen LogP contribution in [0.3, 0.4) is 0 Å². The zero-order valence-electron chi connectivity index (χ0n) is 20.0. The SMILES string of the molecule is CC(COc1ccc(OC(C)(C)C(=O)O)cc1)COc1ccc(C(F)(F)F)cc1Oc1ccccc1. The monoisotopic (exact) mass is 504 g/mol. The van der Waals surface area contributed by atoms with Crippen LogP contribution in [0.25, 0.3) is 0 Å². The minimum absolute atomic E-state index is 0.0379. The van der Waals surface area contributed by atoms with Gasteiger partial charge in [0.1, 0.15) is 17.2 Å². The molecule has 9 heteroatoms. The van der Waals surface area contributed by atoms with Gasteiger partial charge in [-0.2, -0.15) is 13.2 Å². The lowest BCUT2D eigenvalue weighted by atomic mass is 10.1. The van der Waals surface area contributed by atoms with Gasteiger partial charge in [-0.15, -0.1) is 0 Å². The molecule has 1 N–H and O–H groups in total. The van der Waals surface area contributed by atoms with Crippen molar-refractivity contribution in [2.45, 2.75) is 32.5 Å². The highest BCUT2D eigenvalue weighted by molar-refractivity contribution is 5.76. The molecule has 3 aromatic carbocycles. The van der Waals surface area contributed by atoms with E-state index in [2.05, 4.69) is 0 Å². The van der Waals surface area contributed by atoms with E-state index in [-0.39, 0.29) is 30.6 Å². The fourth-order valence-electron chi connectivity index (χ4n) is 2.96. The van der Waals surface area contributed by atoms with Crippen LogP contribution in [0.4, 0.5) is 13.2 Å². The maximum Gasteiger partial charge on any atom is 0.416 e. The molecule has 0 radical (unpaired) electrons. The third-order valence-electron chi connectivity index (χ3n) is 5.01. The summed E-state index contributed by atoms with van der Waals surface area (Å²) in [4.78, 5) is 11.2. The van der Waals surface area contributed by atoms with Crippen LogP contribution in [0, 0.1) is 5.92 Å². The van der Waals surface area contributed by atoms with Crippen LogP contribution < -0.4 is 18.9 Å². The number of carboxylic acid groups (broad SMARTS) is 1. The Hall–Kier alpha value is -3.88. The summed E-state index contributed by atoms with van der Waals surface area (Å²) in [5.74, 6) is 0.271. The molecule has 6 nitrogen and oxygen atoms in total. The first-order valence-corrected chi connectivity index (χ1v) is 11.2. The van der Waals surface area contributed by atoms with Gasteiger partial charge < -0.3 is 24.1 Å². The van der Waals surface area contributed by atoms with E-state index in [9.17, 15) is 18.0 Å². The van der Waals surface area contributed by atoms with E-state index < -0.39 is 23.3 Å². The van der Waals surface area contributed by atoms with Gasteiger partial charge in [-0.1, -0.05) is 25.1 Å². The van der Waals surface area contributed by atoms with E-state index in [1.165, 1.54) is 19.9 Å². The number of hydrogen-bond acceptors (Lipinski definition) is 5. The molecule has 0 fully saturated rings. The lowest BCUT2D eigenvalue weighted by Crippen LogP contribution is -2.37. The van der Waals surface area contributed by atoms with Crippen molar-refractivity contribution in [1.82, 2.24) is 0 Å². The number of aliphatic carboxylic acids is 1. The molecule has 1 atom stereocenters. The topological polar surface area (TPSA) is 74.2 Å². The maximum atomic E-state index is 13.2. The van der Waals surface area contributed by atoms with Gasteiger partial charge in [0.15, 0.2) is 17.1 Å². The first kappa shape index (κ1) is 26.7. The van der Waals surface area contributed by atoms with Crippen molar-refractivity contribution in [3.8, 4) is 28.7 Å². The molecule has 0 aliphatic rings. The number of rotatable bonds is 11. The van der Waals surface area contributed by atoms with Crippen LogP contribution in [-0.2, 0) is 11.0 Å². The van der Waals surface area contributed by atoms with Crippen LogP contribution in [-0.4, -0.2) is 29.9 Å². The van der Waals surface area contributed by atoms with Crippen molar-refractivity contribution < 1.29 is 42.0 Å². The van der Waals surface area contributed by atoms with Crippen molar-refractivity contribution >= 4 is 5.97 Å². The third kappa shape index (κ3) is 7.56. The molecule has 1 unspecified atom stereocenters. The van der Waals surface area contributed by atoms with Gasteiger partial charge in [0.25, 0.3) is 0 Å². The Morgan fingerprint density at radius 1 is 0.833 bits per heavy atom. The first-order valence-electron chi connectivity index (χ1n) is 11.2. The average Bonchev–Trinajstić information content (AvgIpc) is 2.82. The summed E-state index contributed by atoms with van der Waals surface area (Å²) in [6.45, 7) is 5.22. The van der Waals surface area contributed by atoms with Crippen molar-refractivity contribution in [2.75, 3.05) is 13.2 Å². The number of halogens is 3. The molecule has 192 valence electrons. The second kappa shape index (κ2) is 11.2. The van der Waals surface area contributed by atoms with Crippen molar-refractivity contribution in [1.29, 1.82) is 0 Å². The summed E-state index contributed by atoms with van der Waals surface area (Å²) in [5.41, 5.74) is -2.20. The molecule has 0 aromatic heterocycles. The lowest BCUT2D eigenvalue weighted by molar-refractivity contribution is -0.152. The van der Waals surface area contributed by atoms with Gasteiger partial charge in [-0.25, -0.2) is 4.79 Å². The predicted molar refractivity (Wildman–Crippen MR) is 127 cm³/mol. The Bertz CT molecular complexity index is 1140. The molecule has 36 heavy (non-hydrogen) atoms. The zero-order valence-corrected chi connectivity index (χ0v) is 20.0. The highest BCUT2D eigenvalue weighted by Gasteiger charge is 2.32. The minimum atomic E-state index is -4.52. The highest BCUT2D eigenvalue weighted by Crippen LogP contribution is 2.38. The summed E-state index contributed by atoms with van der Waals surface area (Å²) >= 11 is 0.